The van der Waals surface area contributed by atoms with Crippen LogP contribution in [0.5, 0.6) is 0 Å². The number of hydrogen-bond acceptors (Lipinski definition) is 6. The van der Waals surface area contributed by atoms with E-state index >= 15 is 0 Å². The van der Waals surface area contributed by atoms with Gasteiger partial charge in [-0.25, -0.2) is 8.42 Å². The standard InChI is InChI=1S/C25H27F3N2O6S/c1-3-37(35,36)18-8-9-19-15(12-18)14-30(20(31)13-24(34)10-11-24)21(19)22(32)29-17-6-4-16(5-7-17)23(2,33)25(26,27)28/h4-9,12,21,33-34H,3,10-11,13-14H2,1-2H3,(H,29,32). The van der Waals surface area contributed by atoms with Crippen LogP contribution in [0.25, 0.3) is 0 Å². The Morgan fingerprint density at radius 3 is 2.30 bits per heavy atom. The molecule has 0 spiro atoms. The molecule has 4 rings (SSSR count). The van der Waals surface area contributed by atoms with E-state index in [2.05, 4.69) is 5.32 Å². The lowest BCUT2D eigenvalue weighted by Crippen LogP contribution is -2.39. The van der Waals surface area contributed by atoms with Gasteiger partial charge in [-0.05, 0) is 60.7 Å². The Hall–Kier alpha value is -2.96. The SMILES string of the molecule is CCS(=O)(=O)c1ccc2c(c1)CN(C(=O)CC1(O)CC1)C2C(=O)Nc1ccc(C(C)(O)C(F)(F)F)cc1. The second-order valence-corrected chi connectivity index (χ2v) is 12.0. The molecule has 2 aromatic rings. The number of sulfone groups is 1. The summed E-state index contributed by atoms with van der Waals surface area (Å²) in [5.41, 5.74) is -3.58. The Morgan fingerprint density at radius 2 is 1.76 bits per heavy atom. The van der Waals surface area contributed by atoms with Gasteiger partial charge in [-0.15, -0.1) is 0 Å². The Bertz CT molecular complexity index is 1340. The Labute approximate surface area is 212 Å². The van der Waals surface area contributed by atoms with E-state index in [9.17, 15) is 41.4 Å². The summed E-state index contributed by atoms with van der Waals surface area (Å²) >= 11 is 0. The van der Waals surface area contributed by atoms with Crippen molar-refractivity contribution in [3.63, 3.8) is 0 Å². The topological polar surface area (TPSA) is 124 Å². The van der Waals surface area contributed by atoms with Crippen LogP contribution in [0.15, 0.2) is 47.4 Å². The van der Waals surface area contributed by atoms with E-state index in [4.69, 9.17) is 0 Å². The van der Waals surface area contributed by atoms with E-state index in [1.807, 2.05) is 0 Å². The molecule has 0 radical (unpaired) electrons. The van der Waals surface area contributed by atoms with Crippen LogP contribution in [-0.2, 0) is 31.6 Å². The molecule has 2 unspecified atom stereocenters. The molecule has 37 heavy (non-hydrogen) atoms. The minimum Gasteiger partial charge on any atom is -0.389 e. The van der Waals surface area contributed by atoms with Crippen molar-refractivity contribution in [1.82, 2.24) is 4.90 Å². The lowest BCUT2D eigenvalue weighted by atomic mass is 9.95. The first-order valence-electron chi connectivity index (χ1n) is 11.7. The maximum absolute atomic E-state index is 13.3. The van der Waals surface area contributed by atoms with E-state index in [1.165, 1.54) is 42.2 Å². The van der Waals surface area contributed by atoms with Gasteiger partial charge in [-0.1, -0.05) is 25.1 Å². The quantitative estimate of drug-likeness (QED) is 0.496. The normalized spacial score (nSPS) is 20.2. The van der Waals surface area contributed by atoms with Crippen molar-refractivity contribution in [2.75, 3.05) is 11.1 Å². The number of hydrogen-bond donors (Lipinski definition) is 3. The molecule has 0 aromatic heterocycles. The molecule has 0 saturated heterocycles. The average Bonchev–Trinajstić information content (AvgIpc) is 3.41. The van der Waals surface area contributed by atoms with Crippen LogP contribution in [0.3, 0.4) is 0 Å². The maximum Gasteiger partial charge on any atom is 0.421 e. The fourth-order valence-corrected chi connectivity index (χ4v) is 5.19. The molecule has 12 heteroatoms. The predicted octanol–water partition coefficient (Wildman–Crippen LogP) is 3.19. The van der Waals surface area contributed by atoms with Gasteiger partial charge >= 0.3 is 6.18 Å². The predicted molar refractivity (Wildman–Crippen MR) is 127 cm³/mol. The van der Waals surface area contributed by atoms with Crippen LogP contribution in [0.4, 0.5) is 18.9 Å². The fourth-order valence-electron chi connectivity index (χ4n) is 4.26. The third-order valence-electron chi connectivity index (χ3n) is 6.94. The molecule has 2 aromatic carbocycles. The molecule has 3 N–H and O–H groups in total. The number of fused-ring (bicyclic) bond motifs is 1. The summed E-state index contributed by atoms with van der Waals surface area (Å²) in [6.07, 6.45) is -4.17. The zero-order valence-corrected chi connectivity index (χ0v) is 21.0. The second kappa shape index (κ2) is 9.10. The van der Waals surface area contributed by atoms with Gasteiger partial charge in [0.1, 0.15) is 6.04 Å². The maximum atomic E-state index is 13.3. The van der Waals surface area contributed by atoms with Gasteiger partial charge in [0.2, 0.25) is 5.91 Å². The smallest absolute Gasteiger partial charge is 0.389 e. The monoisotopic (exact) mass is 540 g/mol. The third kappa shape index (κ3) is 5.23. The largest absolute Gasteiger partial charge is 0.421 e. The molecule has 200 valence electrons. The molecule has 1 saturated carbocycles. The number of nitrogens with zero attached hydrogens (tertiary/aromatic N) is 1. The van der Waals surface area contributed by atoms with Gasteiger partial charge in [0.05, 0.1) is 22.7 Å². The number of benzene rings is 2. The van der Waals surface area contributed by atoms with Crippen molar-refractivity contribution >= 4 is 27.3 Å². The van der Waals surface area contributed by atoms with Gasteiger partial charge in [0.15, 0.2) is 15.4 Å². The number of aliphatic hydroxyl groups is 2. The highest BCUT2D eigenvalue weighted by Gasteiger charge is 2.51. The van der Waals surface area contributed by atoms with Gasteiger partial charge in [-0.3, -0.25) is 9.59 Å². The molecule has 0 bridgehead atoms. The molecule has 1 aliphatic carbocycles. The number of halogens is 3. The molecule has 2 atom stereocenters. The minimum atomic E-state index is -4.90. The summed E-state index contributed by atoms with van der Waals surface area (Å²) in [6.45, 7) is 2.09. The molecular formula is C25H27F3N2O6S. The number of nitrogens with one attached hydrogen (secondary N) is 1. The average molecular weight is 541 g/mol. The summed E-state index contributed by atoms with van der Waals surface area (Å²) in [5.74, 6) is -1.26. The Kier molecular flexibility index (Phi) is 6.66. The van der Waals surface area contributed by atoms with Gasteiger partial charge < -0.3 is 20.4 Å². The highest BCUT2D eigenvalue weighted by molar-refractivity contribution is 7.91. The highest BCUT2D eigenvalue weighted by atomic mass is 32.2. The summed E-state index contributed by atoms with van der Waals surface area (Å²) in [5, 5.41) is 22.7. The molecule has 8 nitrogen and oxygen atoms in total. The van der Waals surface area contributed by atoms with Crippen LogP contribution in [0.2, 0.25) is 0 Å². The first-order chi connectivity index (χ1) is 17.1. The third-order valence-corrected chi connectivity index (χ3v) is 8.68. The van der Waals surface area contributed by atoms with Crippen LogP contribution < -0.4 is 5.32 Å². The lowest BCUT2D eigenvalue weighted by Gasteiger charge is -2.27. The molecular weight excluding hydrogens is 513 g/mol. The van der Waals surface area contributed by atoms with Gasteiger partial charge in [0.25, 0.3) is 5.91 Å². The summed E-state index contributed by atoms with van der Waals surface area (Å²) < 4.78 is 64.1. The van der Waals surface area contributed by atoms with Gasteiger partial charge in [-0.2, -0.15) is 13.2 Å². The molecule has 1 heterocycles. The molecule has 1 fully saturated rings. The number of anilines is 1. The molecule has 2 aliphatic rings. The number of carbonyl (C=O) groups excluding carboxylic acids is 2. The van der Waals surface area contributed by atoms with Crippen molar-refractivity contribution < 1.29 is 41.4 Å². The van der Waals surface area contributed by atoms with Crippen molar-refractivity contribution in [3.8, 4) is 0 Å². The van der Waals surface area contributed by atoms with Crippen molar-refractivity contribution in [1.29, 1.82) is 0 Å². The minimum absolute atomic E-state index is 0.0389. The van der Waals surface area contributed by atoms with Crippen LogP contribution >= 0.6 is 0 Å². The van der Waals surface area contributed by atoms with Crippen LogP contribution in [0.1, 0.15) is 55.8 Å². The van der Waals surface area contributed by atoms with Gasteiger partial charge in [0, 0.05) is 12.2 Å². The Morgan fingerprint density at radius 1 is 1.14 bits per heavy atom. The van der Waals surface area contributed by atoms with Crippen molar-refractivity contribution in [2.45, 2.75) is 68.0 Å². The lowest BCUT2D eigenvalue weighted by molar-refractivity contribution is -0.258. The zero-order valence-electron chi connectivity index (χ0n) is 20.2. The van der Waals surface area contributed by atoms with E-state index in [0.29, 0.717) is 30.9 Å². The van der Waals surface area contributed by atoms with E-state index in [-0.39, 0.29) is 29.3 Å². The summed E-state index contributed by atoms with van der Waals surface area (Å²) in [7, 11) is -3.53. The zero-order chi connectivity index (χ0) is 27.4. The molecule has 1 aliphatic heterocycles. The van der Waals surface area contributed by atoms with Crippen molar-refractivity contribution in [3.05, 3.63) is 59.2 Å². The van der Waals surface area contributed by atoms with E-state index in [1.54, 1.807) is 0 Å². The first-order valence-corrected chi connectivity index (χ1v) is 13.3. The number of rotatable bonds is 7. The highest BCUT2D eigenvalue weighted by Crippen LogP contribution is 2.42. The van der Waals surface area contributed by atoms with Crippen LogP contribution in [-0.4, -0.2) is 52.9 Å². The van der Waals surface area contributed by atoms with Crippen LogP contribution in [0, 0.1) is 0 Å². The van der Waals surface area contributed by atoms with Crippen molar-refractivity contribution in [2.24, 2.45) is 0 Å². The summed E-state index contributed by atoms with van der Waals surface area (Å²) in [6, 6.07) is 7.64. The van der Waals surface area contributed by atoms with E-state index < -0.39 is 50.6 Å². The second-order valence-electron chi connectivity index (χ2n) is 9.73. The van der Waals surface area contributed by atoms with E-state index in [0.717, 1.165) is 12.1 Å². The fraction of sp³-hybridized carbons (Fsp3) is 0.440. The number of amides is 2. The summed E-state index contributed by atoms with van der Waals surface area (Å²) in [4.78, 5) is 27.7. The molecule has 2 amide bonds. The first kappa shape index (κ1) is 27.1. The number of carbonyl (C=O) groups is 2. The Balaban J connectivity index is 1.62. The number of alkyl halides is 3.